The van der Waals surface area contributed by atoms with E-state index in [0.29, 0.717) is 11.4 Å². The molecule has 3 nitrogen and oxygen atoms in total. The molecule has 0 heterocycles. The molecule has 110 valence electrons. The molecule has 0 saturated carbocycles. The highest BCUT2D eigenvalue weighted by atomic mass is 79.9. The lowest BCUT2D eigenvalue weighted by molar-refractivity contribution is -0.115. The average Bonchev–Trinajstić information content (AvgIpc) is 2.45. The van der Waals surface area contributed by atoms with Crippen molar-refractivity contribution < 1.29 is 9.53 Å². The highest BCUT2D eigenvalue weighted by molar-refractivity contribution is 9.10. The average molecular weight is 369 g/mol. The smallest absolute Gasteiger partial charge is 0.228 e. The predicted octanol–water partition coefficient (Wildman–Crippen LogP) is 4.60. The van der Waals surface area contributed by atoms with Crippen LogP contribution in [0.3, 0.4) is 0 Å². The zero-order chi connectivity index (χ0) is 15.4. The first kappa shape index (κ1) is 15.9. The zero-order valence-corrected chi connectivity index (χ0v) is 14.1. The zero-order valence-electron chi connectivity index (χ0n) is 11.7. The molecule has 5 heteroatoms. The van der Waals surface area contributed by atoms with E-state index in [1.165, 1.54) is 0 Å². The third-order valence-electron chi connectivity index (χ3n) is 3.07. The number of aryl methyl sites for hydroxylation is 1. The van der Waals surface area contributed by atoms with Gasteiger partial charge in [-0.2, -0.15) is 0 Å². The Morgan fingerprint density at radius 1 is 1.29 bits per heavy atom. The van der Waals surface area contributed by atoms with Gasteiger partial charge in [-0.15, -0.1) is 0 Å². The van der Waals surface area contributed by atoms with E-state index in [9.17, 15) is 4.79 Å². The lowest BCUT2D eigenvalue weighted by atomic mass is 10.1. The molecule has 2 rings (SSSR count). The lowest BCUT2D eigenvalue weighted by Crippen LogP contribution is -2.15. The number of benzene rings is 2. The Balaban J connectivity index is 2.06. The first-order valence-corrected chi connectivity index (χ1v) is 7.55. The van der Waals surface area contributed by atoms with Crippen LogP contribution in [0.25, 0.3) is 0 Å². The van der Waals surface area contributed by atoms with Gasteiger partial charge in [-0.3, -0.25) is 4.79 Å². The summed E-state index contributed by atoms with van der Waals surface area (Å²) >= 11 is 9.41. The van der Waals surface area contributed by atoms with Crippen LogP contribution in [0.4, 0.5) is 5.69 Å². The molecule has 0 unspecified atom stereocenters. The Hall–Kier alpha value is -1.52. The number of nitrogens with one attached hydrogen (secondary N) is 1. The van der Waals surface area contributed by atoms with Crippen LogP contribution >= 0.6 is 27.5 Å². The monoisotopic (exact) mass is 367 g/mol. The second-order valence-corrected chi connectivity index (χ2v) is 5.92. The number of hydrogen-bond acceptors (Lipinski definition) is 2. The molecule has 0 bridgehead atoms. The molecule has 0 atom stereocenters. The summed E-state index contributed by atoms with van der Waals surface area (Å²) in [6.45, 7) is 1.92. The van der Waals surface area contributed by atoms with E-state index in [-0.39, 0.29) is 5.91 Å². The van der Waals surface area contributed by atoms with Crippen molar-refractivity contribution in [3.05, 3.63) is 57.0 Å². The van der Waals surface area contributed by atoms with Crippen molar-refractivity contribution in [1.82, 2.24) is 0 Å². The molecular weight excluding hydrogens is 354 g/mol. The maximum Gasteiger partial charge on any atom is 0.228 e. The molecule has 0 aliphatic heterocycles. The first-order valence-electron chi connectivity index (χ1n) is 6.38. The molecule has 2 aromatic carbocycles. The van der Waals surface area contributed by atoms with Crippen molar-refractivity contribution in [2.75, 3.05) is 12.4 Å². The molecule has 2 aromatic rings. The molecule has 0 spiro atoms. The Bertz CT molecular complexity index is 656. The number of rotatable bonds is 4. The summed E-state index contributed by atoms with van der Waals surface area (Å²) in [6.07, 6.45) is 0.303. The van der Waals surface area contributed by atoms with Gasteiger partial charge in [0.2, 0.25) is 5.91 Å². The van der Waals surface area contributed by atoms with Gasteiger partial charge in [0.1, 0.15) is 5.75 Å². The van der Waals surface area contributed by atoms with E-state index in [4.69, 9.17) is 16.3 Å². The molecule has 1 amide bonds. The molecular formula is C16H15BrClNO2. The fraction of sp³-hybridized carbons (Fsp3) is 0.188. The van der Waals surface area contributed by atoms with E-state index < -0.39 is 0 Å². The van der Waals surface area contributed by atoms with Crippen molar-refractivity contribution in [3.63, 3.8) is 0 Å². The fourth-order valence-electron chi connectivity index (χ4n) is 1.90. The van der Waals surface area contributed by atoms with Crippen molar-refractivity contribution >= 4 is 39.1 Å². The van der Waals surface area contributed by atoms with E-state index in [0.717, 1.165) is 27.0 Å². The van der Waals surface area contributed by atoms with Gasteiger partial charge in [0, 0.05) is 10.2 Å². The number of anilines is 1. The van der Waals surface area contributed by atoms with Gasteiger partial charge < -0.3 is 10.1 Å². The van der Waals surface area contributed by atoms with Gasteiger partial charge >= 0.3 is 0 Å². The van der Waals surface area contributed by atoms with Crippen molar-refractivity contribution in [2.24, 2.45) is 0 Å². The summed E-state index contributed by atoms with van der Waals surface area (Å²) in [6, 6.07) is 11.0. The number of hydrogen-bond donors (Lipinski definition) is 1. The molecule has 0 aliphatic carbocycles. The summed E-state index contributed by atoms with van der Waals surface area (Å²) < 4.78 is 5.90. The molecule has 0 saturated heterocycles. The summed E-state index contributed by atoms with van der Waals surface area (Å²) in [7, 11) is 1.61. The minimum Gasteiger partial charge on any atom is -0.497 e. The van der Waals surface area contributed by atoms with Gasteiger partial charge in [0.05, 0.1) is 18.6 Å². The summed E-state index contributed by atoms with van der Waals surface area (Å²) in [5.41, 5.74) is 2.60. The van der Waals surface area contributed by atoms with E-state index in [1.807, 2.05) is 37.3 Å². The number of ether oxygens (including phenoxy) is 1. The quantitative estimate of drug-likeness (QED) is 0.856. The van der Waals surface area contributed by atoms with Crippen LogP contribution < -0.4 is 10.1 Å². The Morgan fingerprint density at radius 2 is 1.95 bits per heavy atom. The molecule has 0 radical (unpaired) electrons. The van der Waals surface area contributed by atoms with Crippen molar-refractivity contribution in [3.8, 4) is 5.75 Å². The molecule has 1 N–H and O–H groups in total. The van der Waals surface area contributed by atoms with Gasteiger partial charge in [0.15, 0.2) is 0 Å². The summed E-state index contributed by atoms with van der Waals surface area (Å²) in [5.74, 6) is 0.691. The van der Waals surface area contributed by atoms with Gasteiger partial charge in [-0.1, -0.05) is 23.7 Å². The highest BCUT2D eigenvalue weighted by Crippen LogP contribution is 2.29. The van der Waals surface area contributed by atoms with Crippen molar-refractivity contribution in [2.45, 2.75) is 13.3 Å². The fourth-order valence-corrected chi connectivity index (χ4v) is 2.53. The third kappa shape index (κ3) is 4.22. The Morgan fingerprint density at radius 3 is 2.57 bits per heavy atom. The van der Waals surface area contributed by atoms with Crippen LogP contribution in [-0.4, -0.2) is 13.0 Å². The maximum atomic E-state index is 12.1. The Labute approximate surface area is 137 Å². The number of halogens is 2. The standard InChI is InChI=1S/C16H15BrClNO2/c1-10-7-13(17)14(18)9-15(10)19-16(20)8-11-3-5-12(21-2)6-4-11/h3-7,9H,8H2,1-2H3,(H,19,20). The normalized spacial score (nSPS) is 10.3. The van der Waals surface area contributed by atoms with Crippen LogP contribution in [0.15, 0.2) is 40.9 Å². The number of carbonyl (C=O) groups excluding carboxylic acids is 1. The van der Waals surface area contributed by atoms with Gasteiger partial charge in [0.25, 0.3) is 0 Å². The summed E-state index contributed by atoms with van der Waals surface area (Å²) in [4.78, 5) is 12.1. The lowest BCUT2D eigenvalue weighted by Gasteiger charge is -2.10. The van der Waals surface area contributed by atoms with Gasteiger partial charge in [-0.25, -0.2) is 0 Å². The highest BCUT2D eigenvalue weighted by Gasteiger charge is 2.09. The number of methoxy groups -OCH3 is 1. The predicted molar refractivity (Wildman–Crippen MR) is 89.2 cm³/mol. The van der Waals surface area contributed by atoms with Crippen LogP contribution in [0.2, 0.25) is 5.02 Å². The van der Waals surface area contributed by atoms with Crippen LogP contribution in [0.1, 0.15) is 11.1 Å². The van der Waals surface area contributed by atoms with E-state index in [1.54, 1.807) is 13.2 Å². The van der Waals surface area contributed by atoms with Crippen LogP contribution in [0.5, 0.6) is 5.75 Å². The Kier molecular flexibility index (Phi) is 5.26. The van der Waals surface area contributed by atoms with Crippen LogP contribution in [0, 0.1) is 6.92 Å². The minimum absolute atomic E-state index is 0.0818. The molecule has 21 heavy (non-hydrogen) atoms. The van der Waals surface area contributed by atoms with Gasteiger partial charge in [-0.05, 0) is 58.2 Å². The summed E-state index contributed by atoms with van der Waals surface area (Å²) in [5, 5.41) is 3.45. The third-order valence-corrected chi connectivity index (χ3v) is 4.26. The second-order valence-electron chi connectivity index (χ2n) is 4.65. The maximum absolute atomic E-state index is 12.1. The SMILES string of the molecule is COc1ccc(CC(=O)Nc2cc(Cl)c(Br)cc2C)cc1. The minimum atomic E-state index is -0.0818. The number of carbonyl (C=O) groups is 1. The second kappa shape index (κ2) is 6.96. The van der Waals surface area contributed by atoms with E-state index in [2.05, 4.69) is 21.2 Å². The topological polar surface area (TPSA) is 38.3 Å². The molecule has 0 fully saturated rings. The number of amides is 1. The van der Waals surface area contributed by atoms with Crippen LogP contribution in [-0.2, 0) is 11.2 Å². The largest absolute Gasteiger partial charge is 0.497 e. The first-order chi connectivity index (χ1) is 9.99. The molecule has 0 aliphatic rings. The van der Waals surface area contributed by atoms with Crippen molar-refractivity contribution in [1.29, 1.82) is 0 Å². The van der Waals surface area contributed by atoms with E-state index >= 15 is 0 Å². The molecule has 0 aromatic heterocycles.